The van der Waals surface area contributed by atoms with Gasteiger partial charge in [-0.3, -0.25) is 19.0 Å². The predicted octanol–water partition coefficient (Wildman–Crippen LogP) is 1.78. The van der Waals surface area contributed by atoms with Gasteiger partial charge in [-0.2, -0.15) is 10.2 Å². The van der Waals surface area contributed by atoms with Crippen LogP contribution in [-0.4, -0.2) is 37.9 Å². The molecule has 0 aliphatic heterocycles. The lowest BCUT2D eigenvalue weighted by molar-refractivity contribution is -0.116. The molecule has 0 aromatic carbocycles. The summed E-state index contributed by atoms with van der Waals surface area (Å²) >= 11 is 5.77. The second-order valence-electron chi connectivity index (χ2n) is 5.76. The molecular weight excluding hydrogens is 332 g/mol. The topological polar surface area (TPSA) is 93.8 Å². The second-order valence-corrected chi connectivity index (χ2v) is 6.19. The van der Waals surface area contributed by atoms with E-state index in [2.05, 4.69) is 20.8 Å². The van der Waals surface area contributed by atoms with Gasteiger partial charge in [-0.1, -0.05) is 25.4 Å². The van der Waals surface area contributed by atoms with E-state index in [1.165, 1.54) is 10.9 Å². The van der Waals surface area contributed by atoms with E-state index in [0.717, 1.165) is 0 Å². The molecule has 0 aliphatic rings. The van der Waals surface area contributed by atoms with Crippen LogP contribution in [0.1, 0.15) is 31.3 Å². The summed E-state index contributed by atoms with van der Waals surface area (Å²) in [5.74, 6) is -0.304. The first-order chi connectivity index (χ1) is 11.4. The monoisotopic (exact) mass is 352 g/mol. The molecule has 2 aromatic rings. The van der Waals surface area contributed by atoms with E-state index in [9.17, 15) is 9.59 Å². The number of hydrogen-bond acceptors (Lipinski definition) is 4. The summed E-state index contributed by atoms with van der Waals surface area (Å²) in [6.07, 6.45) is 4.64. The molecule has 0 spiro atoms. The van der Waals surface area contributed by atoms with Crippen LogP contribution in [0.3, 0.4) is 0 Å². The third kappa shape index (κ3) is 4.82. The zero-order chi connectivity index (χ0) is 17.7. The van der Waals surface area contributed by atoms with Crippen LogP contribution >= 0.6 is 11.6 Å². The Kier molecular flexibility index (Phi) is 5.97. The van der Waals surface area contributed by atoms with E-state index >= 15 is 0 Å². The number of aromatic nitrogens is 4. The molecule has 8 nitrogen and oxygen atoms in total. The quantitative estimate of drug-likeness (QED) is 0.794. The lowest BCUT2D eigenvalue weighted by atomic mass is 10.2. The minimum Gasteiger partial charge on any atom is -0.350 e. The van der Waals surface area contributed by atoms with E-state index in [4.69, 9.17) is 11.6 Å². The van der Waals surface area contributed by atoms with Crippen LogP contribution in [-0.2, 0) is 17.9 Å². The summed E-state index contributed by atoms with van der Waals surface area (Å²) in [5, 5.41) is 14.1. The van der Waals surface area contributed by atoms with E-state index < -0.39 is 0 Å². The Hall–Kier alpha value is -2.35. The Morgan fingerprint density at radius 1 is 1.29 bits per heavy atom. The second kappa shape index (κ2) is 7.96. The van der Waals surface area contributed by atoms with Gasteiger partial charge in [-0.05, 0) is 12.8 Å². The van der Waals surface area contributed by atoms with E-state index in [-0.39, 0.29) is 24.1 Å². The average Bonchev–Trinajstić information content (AvgIpc) is 3.11. The van der Waals surface area contributed by atoms with Crippen molar-refractivity contribution in [3.63, 3.8) is 0 Å². The molecule has 2 N–H and O–H groups in total. The van der Waals surface area contributed by atoms with Crippen LogP contribution in [0.4, 0.5) is 5.69 Å². The van der Waals surface area contributed by atoms with Gasteiger partial charge in [0, 0.05) is 25.5 Å². The fourth-order valence-corrected chi connectivity index (χ4v) is 2.14. The number of aryl methyl sites for hydroxylation is 1. The van der Waals surface area contributed by atoms with Crippen molar-refractivity contribution in [2.75, 3.05) is 11.9 Å². The number of hydrogen-bond donors (Lipinski definition) is 2. The van der Waals surface area contributed by atoms with Gasteiger partial charge in [0.05, 0.1) is 16.9 Å². The van der Waals surface area contributed by atoms with Gasteiger partial charge in [0.15, 0.2) is 5.69 Å². The van der Waals surface area contributed by atoms with Crippen molar-refractivity contribution in [1.29, 1.82) is 0 Å². The van der Waals surface area contributed by atoms with Gasteiger partial charge >= 0.3 is 0 Å². The summed E-state index contributed by atoms with van der Waals surface area (Å²) < 4.78 is 3.02. The van der Waals surface area contributed by atoms with Gasteiger partial charge in [0.25, 0.3) is 5.91 Å². The number of carbonyl (C=O) groups is 2. The summed E-state index contributed by atoms with van der Waals surface area (Å²) in [4.78, 5) is 24.4. The van der Waals surface area contributed by atoms with Crippen LogP contribution in [0.2, 0.25) is 5.02 Å². The molecule has 9 heteroatoms. The van der Waals surface area contributed by atoms with Crippen LogP contribution in [0, 0.1) is 5.92 Å². The Balaban J connectivity index is 2.09. The van der Waals surface area contributed by atoms with Crippen molar-refractivity contribution in [2.24, 2.45) is 5.92 Å². The molecule has 2 heterocycles. The molecule has 0 fully saturated rings. The highest BCUT2D eigenvalue weighted by molar-refractivity contribution is 6.30. The van der Waals surface area contributed by atoms with Crippen LogP contribution in [0.15, 0.2) is 18.6 Å². The third-order valence-corrected chi connectivity index (χ3v) is 3.35. The minimum atomic E-state index is -0.316. The maximum absolute atomic E-state index is 12.3. The maximum Gasteiger partial charge on any atom is 0.273 e. The number of anilines is 1. The minimum absolute atomic E-state index is 0.00290. The molecule has 130 valence electrons. The van der Waals surface area contributed by atoms with Crippen molar-refractivity contribution < 1.29 is 9.59 Å². The fraction of sp³-hybridized carbons (Fsp3) is 0.467. The molecule has 2 aromatic heterocycles. The van der Waals surface area contributed by atoms with E-state index in [1.54, 1.807) is 17.1 Å². The highest BCUT2D eigenvalue weighted by atomic mass is 35.5. The van der Waals surface area contributed by atoms with Crippen LogP contribution in [0.25, 0.3) is 0 Å². The number of nitrogens with zero attached hydrogens (tertiary/aromatic N) is 4. The zero-order valence-electron chi connectivity index (χ0n) is 13.9. The van der Waals surface area contributed by atoms with Gasteiger partial charge < -0.3 is 10.6 Å². The number of nitrogens with one attached hydrogen (secondary N) is 2. The molecule has 2 rings (SSSR count). The summed E-state index contributed by atoms with van der Waals surface area (Å²) in [6, 6.07) is 0. The molecule has 0 radical (unpaired) electrons. The zero-order valence-corrected chi connectivity index (χ0v) is 14.7. The number of rotatable bonds is 7. The SMILES string of the molecule is CCn1cc(NC(=O)Cn2cc(Cl)cn2)c(C(=O)NCC(C)C)n1. The summed E-state index contributed by atoms with van der Waals surface area (Å²) in [6.45, 7) is 7.04. The molecule has 0 unspecified atom stereocenters. The smallest absolute Gasteiger partial charge is 0.273 e. The fourth-order valence-electron chi connectivity index (χ4n) is 1.98. The number of halogens is 1. The normalized spacial score (nSPS) is 10.9. The first kappa shape index (κ1) is 18.0. The van der Waals surface area contributed by atoms with Gasteiger partial charge in [0.1, 0.15) is 6.54 Å². The molecule has 0 saturated heterocycles. The van der Waals surface area contributed by atoms with E-state index in [1.807, 2.05) is 20.8 Å². The average molecular weight is 353 g/mol. The first-order valence-electron chi connectivity index (χ1n) is 7.72. The van der Waals surface area contributed by atoms with Crippen molar-refractivity contribution in [2.45, 2.75) is 33.9 Å². The van der Waals surface area contributed by atoms with Crippen molar-refractivity contribution >= 4 is 29.1 Å². The van der Waals surface area contributed by atoms with Gasteiger partial charge in [-0.25, -0.2) is 0 Å². The predicted molar refractivity (Wildman–Crippen MR) is 90.9 cm³/mol. The lowest BCUT2D eigenvalue weighted by Crippen LogP contribution is -2.29. The van der Waals surface area contributed by atoms with Crippen molar-refractivity contribution in [3.05, 3.63) is 29.3 Å². The Morgan fingerprint density at radius 3 is 2.62 bits per heavy atom. The standard InChI is InChI=1S/C15H21ClN6O2/c1-4-21-8-12(14(20-21)15(24)17-5-10(2)3)19-13(23)9-22-7-11(16)6-18-22/h6-8,10H,4-5,9H2,1-3H3,(H,17,24)(H,19,23). The van der Waals surface area contributed by atoms with Gasteiger partial charge in [-0.15, -0.1) is 0 Å². The number of carbonyl (C=O) groups excluding carboxylic acids is 2. The molecular formula is C15H21ClN6O2. The molecule has 0 saturated carbocycles. The van der Waals surface area contributed by atoms with Crippen LogP contribution < -0.4 is 10.6 Å². The highest BCUT2D eigenvalue weighted by Crippen LogP contribution is 2.14. The molecule has 2 amide bonds. The van der Waals surface area contributed by atoms with Gasteiger partial charge in [0.2, 0.25) is 5.91 Å². The molecule has 0 aliphatic carbocycles. The first-order valence-corrected chi connectivity index (χ1v) is 8.10. The van der Waals surface area contributed by atoms with Crippen molar-refractivity contribution in [3.8, 4) is 0 Å². The van der Waals surface area contributed by atoms with Crippen LogP contribution in [0.5, 0.6) is 0 Å². The highest BCUT2D eigenvalue weighted by Gasteiger charge is 2.18. The molecule has 24 heavy (non-hydrogen) atoms. The lowest BCUT2D eigenvalue weighted by Gasteiger charge is -2.08. The third-order valence-electron chi connectivity index (χ3n) is 3.15. The summed E-state index contributed by atoms with van der Waals surface area (Å²) in [7, 11) is 0. The number of amides is 2. The Bertz CT molecular complexity index is 721. The summed E-state index contributed by atoms with van der Waals surface area (Å²) in [5.41, 5.74) is 0.575. The van der Waals surface area contributed by atoms with Crippen molar-refractivity contribution in [1.82, 2.24) is 24.9 Å². The van der Waals surface area contributed by atoms with E-state index in [0.29, 0.717) is 29.7 Å². The molecule has 0 bridgehead atoms. The molecule has 0 atom stereocenters. The Labute approximate surface area is 145 Å². The Morgan fingerprint density at radius 2 is 2.04 bits per heavy atom. The largest absolute Gasteiger partial charge is 0.350 e. The maximum atomic E-state index is 12.3.